The Hall–Kier alpha value is -4.41. The van der Waals surface area contributed by atoms with E-state index >= 15 is 4.39 Å². The molecule has 10 nitrogen and oxygen atoms in total. The predicted molar refractivity (Wildman–Crippen MR) is 183 cm³/mol. The summed E-state index contributed by atoms with van der Waals surface area (Å²) in [6.07, 6.45) is 2.00. The van der Waals surface area contributed by atoms with Gasteiger partial charge in [-0.3, -0.25) is 9.88 Å². The molecule has 3 atom stereocenters. The van der Waals surface area contributed by atoms with Crippen molar-refractivity contribution in [3.05, 3.63) is 53.2 Å². The molecule has 0 N–H and O–H groups in total. The van der Waals surface area contributed by atoms with Gasteiger partial charge in [-0.05, 0) is 51.6 Å². The highest BCUT2D eigenvalue weighted by atomic mass is 35.5. The number of halogens is 4. The Morgan fingerprint density at radius 3 is 2.74 bits per heavy atom. The van der Waals surface area contributed by atoms with Crippen molar-refractivity contribution in [2.75, 3.05) is 44.2 Å². The van der Waals surface area contributed by atoms with Crippen molar-refractivity contribution in [3.8, 4) is 23.3 Å². The minimum absolute atomic E-state index is 0.0278. The first kappa shape index (κ1) is 34.1. The summed E-state index contributed by atoms with van der Waals surface area (Å²) < 4.78 is 57.8. The maximum absolute atomic E-state index is 16.8. The van der Waals surface area contributed by atoms with Gasteiger partial charge in [0.05, 0.1) is 34.5 Å². The average molecular weight is 708 g/mol. The lowest BCUT2D eigenvalue weighted by molar-refractivity contribution is 0.0145. The molecule has 0 saturated carbocycles. The Morgan fingerprint density at radius 2 is 1.96 bits per heavy atom. The fraction of sp³-hybridized carbons (Fsp3) is 0.472. The molecule has 14 heteroatoms. The van der Waals surface area contributed by atoms with Gasteiger partial charge in [0.25, 0.3) is 0 Å². The summed E-state index contributed by atoms with van der Waals surface area (Å²) >= 11 is 6.40. The van der Waals surface area contributed by atoms with E-state index in [1.165, 1.54) is 17.2 Å². The topological polar surface area (TPSA) is 108 Å². The summed E-state index contributed by atoms with van der Waals surface area (Å²) in [6, 6.07) is 9.42. The fourth-order valence-corrected chi connectivity index (χ4v) is 7.83. The van der Waals surface area contributed by atoms with Gasteiger partial charge < -0.3 is 19.3 Å². The molecule has 3 aliphatic heterocycles. The molecule has 1 unspecified atom stereocenters. The highest BCUT2D eigenvalue weighted by molar-refractivity contribution is 6.36. The Balaban J connectivity index is 1.31. The summed E-state index contributed by atoms with van der Waals surface area (Å²) in [5.74, 6) is -1.12. The predicted octanol–water partition coefficient (Wildman–Crippen LogP) is 7.07. The van der Waals surface area contributed by atoms with E-state index in [4.69, 9.17) is 26.1 Å². The van der Waals surface area contributed by atoms with Crippen LogP contribution in [0.25, 0.3) is 32.9 Å². The number of anilines is 1. The average Bonchev–Trinajstić information content (AvgIpc) is 3.60. The maximum atomic E-state index is 16.8. The number of hydrogen-bond donors (Lipinski definition) is 0. The second-order valence-corrected chi connectivity index (χ2v) is 14.7. The van der Waals surface area contributed by atoms with Crippen LogP contribution in [0, 0.1) is 23.0 Å². The molecule has 0 bridgehead atoms. The summed E-state index contributed by atoms with van der Waals surface area (Å²) in [5.41, 5.74) is -1.10. The van der Waals surface area contributed by atoms with Crippen molar-refractivity contribution in [1.82, 2.24) is 24.8 Å². The number of carbonyl (C=O) groups is 1. The van der Waals surface area contributed by atoms with Gasteiger partial charge in [-0.25, -0.2) is 18.0 Å². The fourth-order valence-electron chi connectivity index (χ4n) is 7.56. The van der Waals surface area contributed by atoms with Crippen molar-refractivity contribution < 1.29 is 27.4 Å². The van der Waals surface area contributed by atoms with Gasteiger partial charge in [0, 0.05) is 49.7 Å². The van der Waals surface area contributed by atoms with Gasteiger partial charge >= 0.3 is 12.1 Å². The van der Waals surface area contributed by atoms with E-state index in [9.17, 15) is 18.8 Å². The van der Waals surface area contributed by atoms with Crippen LogP contribution in [-0.4, -0.2) is 93.5 Å². The number of carbonyl (C=O) groups excluding carboxylic acids is 1. The first-order valence-electron chi connectivity index (χ1n) is 16.7. The van der Waals surface area contributed by atoms with Crippen molar-refractivity contribution >= 4 is 45.2 Å². The molecular weight excluding hydrogens is 671 g/mol. The van der Waals surface area contributed by atoms with E-state index in [1.807, 2.05) is 4.90 Å². The van der Waals surface area contributed by atoms with E-state index in [1.54, 1.807) is 45.0 Å². The molecule has 2 aromatic heterocycles. The van der Waals surface area contributed by atoms with Gasteiger partial charge in [-0.15, -0.1) is 0 Å². The minimum atomic E-state index is -0.964. The number of pyridine rings is 1. The SMILES string of the molecule is CC(C)(C)OC(=O)N1CCN(c2nc(OCC34CCCN3C[C@H](F)C4)nc3c(F)c(-c4cccc5ccc(F)c(Cl)c45)ncc23)C[C@@H]1CC#N. The number of rotatable bonds is 6. The Morgan fingerprint density at radius 1 is 1.14 bits per heavy atom. The lowest BCUT2D eigenvalue weighted by Crippen LogP contribution is -2.56. The van der Waals surface area contributed by atoms with Crippen LogP contribution >= 0.6 is 11.6 Å². The number of benzene rings is 2. The third kappa shape index (κ3) is 6.24. The first-order valence-corrected chi connectivity index (χ1v) is 17.1. The van der Waals surface area contributed by atoms with Crippen LogP contribution in [0.1, 0.15) is 46.5 Å². The number of alkyl halides is 1. The standard InChI is InChI=1S/C36H37ClF3N7O3/c1-35(2,3)50-34(48)47-15-14-45(19-23(47)10-12-41)32-25-17-42-30(24-7-4-6-21-8-9-26(39)28(37)27(21)24)29(40)31(25)43-33(44-32)49-20-36-11-5-13-46(36)18-22(38)16-36/h4,6-9,17,22-23H,5,10-11,13-16,18-20H2,1-3H3/t22-,23+,36?/m1/s1. The van der Waals surface area contributed by atoms with Crippen molar-refractivity contribution in [3.63, 3.8) is 0 Å². The van der Waals surface area contributed by atoms with Crippen LogP contribution in [-0.2, 0) is 4.74 Å². The Kier molecular flexibility index (Phi) is 8.89. The number of hydrogen-bond acceptors (Lipinski definition) is 9. The van der Waals surface area contributed by atoms with Crippen LogP contribution in [0.3, 0.4) is 0 Å². The highest BCUT2D eigenvalue weighted by Crippen LogP contribution is 2.42. The molecule has 5 heterocycles. The van der Waals surface area contributed by atoms with E-state index in [0.717, 1.165) is 19.4 Å². The second kappa shape index (κ2) is 13.0. The molecule has 1 amide bonds. The molecular formula is C36H37ClF3N7O3. The summed E-state index contributed by atoms with van der Waals surface area (Å²) in [7, 11) is 0. The lowest BCUT2D eigenvalue weighted by atomic mass is 9.95. The summed E-state index contributed by atoms with van der Waals surface area (Å²) in [4.78, 5) is 32.4. The van der Waals surface area contributed by atoms with Crippen LogP contribution < -0.4 is 9.64 Å². The molecule has 3 aliphatic rings. The highest BCUT2D eigenvalue weighted by Gasteiger charge is 2.49. The molecule has 0 radical (unpaired) electrons. The molecule has 7 rings (SSSR count). The van der Waals surface area contributed by atoms with Gasteiger partial charge in [0.2, 0.25) is 0 Å². The zero-order valence-electron chi connectivity index (χ0n) is 28.1. The summed E-state index contributed by atoms with van der Waals surface area (Å²) in [5, 5.41) is 10.7. The molecule has 3 saturated heterocycles. The van der Waals surface area contributed by atoms with Crippen LogP contribution in [0.2, 0.25) is 5.02 Å². The minimum Gasteiger partial charge on any atom is -0.461 e. The van der Waals surface area contributed by atoms with Crippen LogP contribution in [0.5, 0.6) is 6.01 Å². The first-order chi connectivity index (χ1) is 23.9. The molecule has 0 aliphatic carbocycles. The zero-order chi connectivity index (χ0) is 35.4. The van der Waals surface area contributed by atoms with Crippen LogP contribution in [0.15, 0.2) is 36.5 Å². The number of nitriles is 1. The van der Waals surface area contributed by atoms with E-state index < -0.39 is 41.1 Å². The Bertz CT molecular complexity index is 2020. The van der Waals surface area contributed by atoms with Gasteiger partial charge in [-0.2, -0.15) is 15.2 Å². The van der Waals surface area contributed by atoms with Gasteiger partial charge in [0.15, 0.2) is 5.82 Å². The molecule has 4 aromatic rings. The van der Waals surface area contributed by atoms with Gasteiger partial charge in [-0.1, -0.05) is 35.9 Å². The third-order valence-corrected chi connectivity index (χ3v) is 10.2. The van der Waals surface area contributed by atoms with Crippen LogP contribution in [0.4, 0.5) is 23.8 Å². The number of amides is 1. The van der Waals surface area contributed by atoms with E-state index in [0.29, 0.717) is 29.6 Å². The molecule has 2 aromatic carbocycles. The molecule has 0 spiro atoms. The van der Waals surface area contributed by atoms with Gasteiger partial charge in [0.1, 0.15) is 41.2 Å². The smallest absolute Gasteiger partial charge is 0.410 e. The Labute approximate surface area is 292 Å². The second-order valence-electron chi connectivity index (χ2n) is 14.3. The van der Waals surface area contributed by atoms with Crippen molar-refractivity contribution in [2.45, 2.75) is 69.8 Å². The number of nitrogens with zero attached hydrogens (tertiary/aromatic N) is 7. The van der Waals surface area contributed by atoms with E-state index in [2.05, 4.69) is 20.9 Å². The lowest BCUT2D eigenvalue weighted by Gasteiger charge is -2.41. The maximum Gasteiger partial charge on any atom is 0.410 e. The van der Waals surface area contributed by atoms with E-state index in [-0.39, 0.29) is 65.9 Å². The quantitative estimate of drug-likeness (QED) is 0.208. The molecule has 3 fully saturated rings. The third-order valence-electron chi connectivity index (χ3n) is 9.80. The molecule has 50 heavy (non-hydrogen) atoms. The summed E-state index contributed by atoms with van der Waals surface area (Å²) in [6.45, 7) is 7.26. The van der Waals surface area contributed by atoms with Crippen molar-refractivity contribution in [1.29, 1.82) is 5.26 Å². The molecule has 262 valence electrons. The number of fused-ring (bicyclic) bond motifs is 3. The number of ether oxygens (including phenoxy) is 2. The van der Waals surface area contributed by atoms with Crippen molar-refractivity contribution in [2.24, 2.45) is 0 Å². The number of aromatic nitrogens is 3. The normalized spacial score (nSPS) is 22.6. The number of piperazine rings is 1. The largest absolute Gasteiger partial charge is 0.461 e. The zero-order valence-corrected chi connectivity index (χ0v) is 28.8. The monoisotopic (exact) mass is 707 g/mol.